The van der Waals surface area contributed by atoms with Crippen LogP contribution < -0.4 is 10.1 Å². The Hall–Kier alpha value is -2.05. The van der Waals surface area contributed by atoms with Gasteiger partial charge in [-0.3, -0.25) is 4.79 Å². The molecule has 1 aromatic rings. The zero-order valence-corrected chi connectivity index (χ0v) is 28.3. The predicted octanol–water partition coefficient (Wildman–Crippen LogP) is 7.78. The number of benzene rings is 1. The van der Waals surface area contributed by atoms with E-state index in [9.17, 15) is 15.0 Å². The fraction of sp³-hybridized carbons (Fsp3) is 0.769. The molecule has 4 aliphatic carbocycles. The molecule has 0 spiro atoms. The summed E-state index contributed by atoms with van der Waals surface area (Å²) < 4.78 is 13.5. The Morgan fingerprint density at radius 2 is 1.82 bits per heavy atom. The number of fused-ring (bicyclic) bond motifs is 2. The van der Waals surface area contributed by atoms with E-state index in [1.165, 1.54) is 37.7 Å². The van der Waals surface area contributed by atoms with Crippen LogP contribution in [0.15, 0.2) is 41.9 Å². The Morgan fingerprint density at radius 1 is 1.07 bits per heavy atom. The third-order valence-corrected chi connectivity index (χ3v) is 13.5. The maximum atomic E-state index is 12.9. The van der Waals surface area contributed by atoms with Crippen molar-refractivity contribution >= 4 is 5.91 Å². The Bertz CT molecular complexity index is 1200. The lowest BCUT2D eigenvalue weighted by Gasteiger charge is -2.64. The smallest absolute Gasteiger partial charge is 0.284 e. The molecule has 1 heterocycles. The Kier molecular flexibility index (Phi) is 9.93. The van der Waals surface area contributed by atoms with E-state index in [1.54, 1.807) is 0 Å². The van der Waals surface area contributed by atoms with Crippen LogP contribution in [-0.4, -0.2) is 41.0 Å². The Morgan fingerprint density at radius 3 is 2.60 bits per heavy atom. The van der Waals surface area contributed by atoms with Crippen molar-refractivity contribution in [2.24, 2.45) is 46.3 Å². The van der Waals surface area contributed by atoms with Gasteiger partial charge < -0.3 is 25.0 Å². The van der Waals surface area contributed by atoms with Gasteiger partial charge in [0.15, 0.2) is 0 Å². The van der Waals surface area contributed by atoms with Crippen molar-refractivity contribution in [3.8, 4) is 5.75 Å². The minimum absolute atomic E-state index is 0.0273. The van der Waals surface area contributed by atoms with Gasteiger partial charge in [0.2, 0.25) is 5.91 Å². The molecule has 1 aromatic carbocycles. The molecule has 0 bridgehead atoms. The summed E-state index contributed by atoms with van der Waals surface area (Å²) in [4.78, 5) is 12.9. The lowest BCUT2D eigenvalue weighted by Crippen LogP contribution is -2.64. The van der Waals surface area contributed by atoms with E-state index in [0.29, 0.717) is 30.1 Å². The molecule has 1 amide bonds. The van der Waals surface area contributed by atoms with Crippen LogP contribution >= 0.6 is 0 Å². The molecule has 3 unspecified atom stereocenters. The van der Waals surface area contributed by atoms with E-state index in [1.807, 2.05) is 30.3 Å². The van der Waals surface area contributed by atoms with Crippen LogP contribution in [0, 0.1) is 46.3 Å². The molecule has 6 nitrogen and oxygen atoms in total. The molecular formula is C39H59NO5. The number of carbonyl (C=O) groups is 1. The number of hydrogen-bond acceptors (Lipinski definition) is 5. The van der Waals surface area contributed by atoms with Gasteiger partial charge in [-0.1, -0.05) is 78.0 Å². The maximum Gasteiger partial charge on any atom is 0.284 e. The highest BCUT2D eigenvalue weighted by molar-refractivity contribution is 5.75. The first kappa shape index (κ1) is 32.9. The quantitative estimate of drug-likeness (QED) is 0.196. The highest BCUT2D eigenvalue weighted by Crippen LogP contribution is 2.71. The van der Waals surface area contributed by atoms with Crippen molar-refractivity contribution in [2.45, 2.75) is 136 Å². The molecule has 6 heteroatoms. The van der Waals surface area contributed by atoms with Crippen LogP contribution in [-0.2, 0) is 9.53 Å². The number of ether oxygens (including phenoxy) is 2. The molecule has 1 aliphatic heterocycles. The Balaban J connectivity index is 1.21. The van der Waals surface area contributed by atoms with Crippen LogP contribution in [0.3, 0.4) is 0 Å². The number of para-hydroxylation sites is 1. The standard InChI is InChI=1S/C39H59NO5/c1-5-6-7-8-9-13-20-40-34(43)17-16-25(2)30-23-29-36-35-31(24-33(42)39(30,36)4)38(3)19-18-27(41)21-26(38)22-32(35)45-37(29)44-28-14-11-10-12-15-28/h10-12,14-15,25-27,30-33,35-36,41-42H,5-9,13,16-24H2,1-4H3,(H,40,43)/t25-,26?,27-,30-,31+,32-,33+,35?,36?,38+,39+/m1/s1. The number of rotatable bonds is 13. The molecule has 11 atom stereocenters. The third kappa shape index (κ3) is 6.20. The normalized spacial score (nSPS) is 39.0. The van der Waals surface area contributed by atoms with Crippen LogP contribution in [0.2, 0.25) is 0 Å². The fourth-order valence-corrected chi connectivity index (χ4v) is 10.9. The first-order valence-electron chi connectivity index (χ1n) is 18.4. The molecule has 3 N–H and O–H groups in total. The lowest BCUT2D eigenvalue weighted by atomic mass is 9.42. The minimum Gasteiger partial charge on any atom is -0.462 e. The minimum atomic E-state index is -0.422. The summed E-state index contributed by atoms with van der Waals surface area (Å²) in [5, 5.41) is 26.0. The second-order valence-corrected chi connectivity index (χ2v) is 16.0. The average molecular weight is 622 g/mol. The number of nitrogens with one attached hydrogen (secondary N) is 1. The van der Waals surface area contributed by atoms with Crippen LogP contribution in [0.4, 0.5) is 0 Å². The topological polar surface area (TPSA) is 88.0 Å². The summed E-state index contributed by atoms with van der Waals surface area (Å²) in [6, 6.07) is 9.94. The van der Waals surface area contributed by atoms with Gasteiger partial charge in [-0.05, 0) is 92.6 Å². The van der Waals surface area contributed by atoms with Gasteiger partial charge in [-0.2, -0.15) is 0 Å². The van der Waals surface area contributed by atoms with E-state index in [2.05, 4.69) is 33.0 Å². The zero-order chi connectivity index (χ0) is 31.8. The summed E-state index contributed by atoms with van der Waals surface area (Å²) in [5.74, 6) is 3.39. The van der Waals surface area contributed by atoms with Gasteiger partial charge in [0.1, 0.15) is 11.9 Å². The lowest BCUT2D eigenvalue weighted by molar-refractivity contribution is -0.219. The fourth-order valence-electron chi connectivity index (χ4n) is 10.9. The molecule has 0 aromatic heterocycles. The molecule has 5 aliphatic rings. The highest BCUT2D eigenvalue weighted by atomic mass is 16.7. The first-order valence-corrected chi connectivity index (χ1v) is 18.4. The second-order valence-electron chi connectivity index (χ2n) is 16.0. The number of allylic oxidation sites excluding steroid dienone is 1. The zero-order valence-electron chi connectivity index (χ0n) is 28.3. The van der Waals surface area contributed by atoms with Gasteiger partial charge in [0.05, 0.1) is 12.2 Å². The van der Waals surface area contributed by atoms with E-state index < -0.39 is 6.10 Å². The van der Waals surface area contributed by atoms with Gasteiger partial charge in [-0.15, -0.1) is 0 Å². The van der Waals surface area contributed by atoms with E-state index >= 15 is 0 Å². The van der Waals surface area contributed by atoms with E-state index in [-0.39, 0.29) is 46.7 Å². The summed E-state index contributed by atoms with van der Waals surface area (Å²) >= 11 is 0. The molecule has 45 heavy (non-hydrogen) atoms. The third-order valence-electron chi connectivity index (χ3n) is 13.5. The van der Waals surface area contributed by atoms with Gasteiger partial charge in [-0.25, -0.2) is 0 Å². The highest BCUT2D eigenvalue weighted by Gasteiger charge is 2.69. The van der Waals surface area contributed by atoms with Crippen LogP contribution in [0.5, 0.6) is 5.75 Å². The number of carbonyl (C=O) groups excluding carboxylic acids is 1. The number of aliphatic hydroxyl groups is 2. The van der Waals surface area contributed by atoms with E-state index in [4.69, 9.17) is 9.47 Å². The molecule has 0 saturated heterocycles. The van der Waals surface area contributed by atoms with Gasteiger partial charge in [0, 0.05) is 35.8 Å². The molecule has 6 rings (SSSR count). The molecular weight excluding hydrogens is 562 g/mol. The maximum absolute atomic E-state index is 12.9. The number of aliphatic hydroxyl groups excluding tert-OH is 2. The van der Waals surface area contributed by atoms with Crippen LogP contribution in [0.1, 0.15) is 118 Å². The SMILES string of the molecule is CCCCCCCCNC(=O)CC[C@@H](C)[C@H]1CC2=C(Oc3ccccc3)O[C@@H]3CC4C[C@H](O)CC[C@]4(C)[C@H]4C[C@H](O)[C@@]1(C)C2C34. The van der Waals surface area contributed by atoms with Crippen molar-refractivity contribution in [1.29, 1.82) is 0 Å². The molecule has 4 saturated carbocycles. The predicted molar refractivity (Wildman–Crippen MR) is 177 cm³/mol. The average Bonchev–Trinajstić information content (AvgIpc) is 3.36. The van der Waals surface area contributed by atoms with Crippen molar-refractivity contribution in [3.63, 3.8) is 0 Å². The van der Waals surface area contributed by atoms with Crippen molar-refractivity contribution < 1.29 is 24.5 Å². The van der Waals surface area contributed by atoms with Crippen molar-refractivity contribution in [2.75, 3.05) is 6.54 Å². The van der Waals surface area contributed by atoms with Crippen molar-refractivity contribution in [1.82, 2.24) is 5.32 Å². The number of amides is 1. The number of hydrogen-bond donors (Lipinski definition) is 3. The summed E-state index contributed by atoms with van der Waals surface area (Å²) in [7, 11) is 0. The van der Waals surface area contributed by atoms with Gasteiger partial charge >= 0.3 is 0 Å². The molecule has 0 radical (unpaired) electrons. The second kappa shape index (κ2) is 13.6. The summed E-state index contributed by atoms with van der Waals surface area (Å²) in [5.41, 5.74) is 1.05. The molecule has 250 valence electrons. The Labute approximate surface area is 271 Å². The van der Waals surface area contributed by atoms with Crippen LogP contribution in [0.25, 0.3) is 0 Å². The first-order chi connectivity index (χ1) is 21.7. The monoisotopic (exact) mass is 621 g/mol. The molecule has 4 fully saturated rings. The summed E-state index contributed by atoms with van der Waals surface area (Å²) in [6.45, 7) is 10.1. The largest absolute Gasteiger partial charge is 0.462 e. The van der Waals surface area contributed by atoms with Gasteiger partial charge in [0.25, 0.3) is 5.95 Å². The number of unbranched alkanes of at least 4 members (excludes halogenated alkanes) is 5. The summed E-state index contributed by atoms with van der Waals surface area (Å²) in [6.07, 6.45) is 13.3. The van der Waals surface area contributed by atoms with Crippen molar-refractivity contribution in [3.05, 3.63) is 41.9 Å². The van der Waals surface area contributed by atoms with E-state index in [0.717, 1.165) is 63.7 Å².